The van der Waals surface area contributed by atoms with E-state index in [1.807, 2.05) is 18.5 Å². The van der Waals surface area contributed by atoms with Crippen molar-refractivity contribution >= 4 is 17.2 Å². The minimum atomic E-state index is -4.71. The third kappa shape index (κ3) is 3.19. The molecule has 9 nitrogen and oxygen atoms in total. The van der Waals surface area contributed by atoms with Crippen LogP contribution in [0.25, 0.3) is 16.9 Å². The van der Waals surface area contributed by atoms with Gasteiger partial charge in [0.2, 0.25) is 0 Å². The normalized spacial score (nSPS) is 11.9. The molecule has 0 spiro atoms. The van der Waals surface area contributed by atoms with Gasteiger partial charge in [-0.05, 0) is 26.8 Å². The van der Waals surface area contributed by atoms with E-state index in [9.17, 15) is 18.0 Å². The number of aromatic nitrogens is 7. The standard InChI is InChI=1S/C18H17F3N8O/c1-4-28-10(3)11(8-23-28)13-5-6-22-14-7-12(27-29(13)14)17(30)24-15-9(2)25-26-16(15)18(19,20)21/h5-8H,4H2,1-3H3,(H,24,30)(H,25,26). The molecule has 156 valence electrons. The molecule has 12 heteroatoms. The Bertz CT molecular complexity index is 1250. The fourth-order valence-electron chi connectivity index (χ4n) is 3.19. The van der Waals surface area contributed by atoms with Crippen LogP contribution >= 0.6 is 0 Å². The lowest BCUT2D eigenvalue weighted by Gasteiger charge is -2.07. The summed E-state index contributed by atoms with van der Waals surface area (Å²) in [4.78, 5) is 16.8. The average molecular weight is 418 g/mol. The van der Waals surface area contributed by atoms with Crippen LogP contribution in [-0.2, 0) is 12.7 Å². The van der Waals surface area contributed by atoms with Crippen molar-refractivity contribution in [3.05, 3.63) is 47.3 Å². The number of carbonyl (C=O) groups is 1. The molecule has 0 aliphatic rings. The Morgan fingerprint density at radius 2 is 2.07 bits per heavy atom. The summed E-state index contributed by atoms with van der Waals surface area (Å²) in [5, 5.41) is 16.3. The van der Waals surface area contributed by atoms with E-state index in [0.29, 0.717) is 17.9 Å². The number of anilines is 1. The highest BCUT2D eigenvalue weighted by Crippen LogP contribution is 2.35. The number of amides is 1. The first kappa shape index (κ1) is 19.6. The Hall–Kier alpha value is -3.70. The lowest BCUT2D eigenvalue weighted by atomic mass is 10.2. The van der Waals surface area contributed by atoms with Crippen molar-refractivity contribution in [3.63, 3.8) is 0 Å². The van der Waals surface area contributed by atoms with Crippen molar-refractivity contribution in [1.29, 1.82) is 0 Å². The van der Waals surface area contributed by atoms with Crippen LogP contribution in [-0.4, -0.2) is 40.5 Å². The highest BCUT2D eigenvalue weighted by atomic mass is 19.4. The molecule has 0 unspecified atom stereocenters. The second-order valence-electron chi connectivity index (χ2n) is 6.61. The highest BCUT2D eigenvalue weighted by Gasteiger charge is 2.38. The minimum Gasteiger partial charge on any atom is -0.317 e. The number of nitrogens with one attached hydrogen (secondary N) is 2. The van der Waals surface area contributed by atoms with Crippen LogP contribution in [0.1, 0.15) is 34.5 Å². The monoisotopic (exact) mass is 418 g/mol. The molecule has 4 heterocycles. The predicted molar refractivity (Wildman–Crippen MR) is 101 cm³/mol. The number of nitrogens with zero attached hydrogens (tertiary/aromatic N) is 6. The highest BCUT2D eigenvalue weighted by molar-refractivity contribution is 6.04. The van der Waals surface area contributed by atoms with Gasteiger partial charge in [-0.2, -0.15) is 28.5 Å². The van der Waals surface area contributed by atoms with Crippen molar-refractivity contribution in [2.45, 2.75) is 33.5 Å². The summed E-state index contributed by atoms with van der Waals surface area (Å²) in [6.07, 6.45) is -1.45. The maximum absolute atomic E-state index is 13.1. The van der Waals surface area contributed by atoms with Gasteiger partial charge in [-0.1, -0.05) is 0 Å². The number of halogens is 3. The zero-order valence-electron chi connectivity index (χ0n) is 16.2. The number of hydrogen-bond donors (Lipinski definition) is 2. The maximum atomic E-state index is 13.1. The molecule has 0 saturated carbocycles. The topological polar surface area (TPSA) is 106 Å². The fourth-order valence-corrected chi connectivity index (χ4v) is 3.19. The zero-order chi connectivity index (χ0) is 21.6. The number of aryl methyl sites for hydroxylation is 2. The first-order valence-corrected chi connectivity index (χ1v) is 9.01. The van der Waals surface area contributed by atoms with Crippen LogP contribution in [0.2, 0.25) is 0 Å². The SMILES string of the molecule is CCn1ncc(-c2ccnc3cc(C(=O)Nc4c(C(F)(F)F)n[nH]c4C)nn23)c1C. The molecule has 4 aromatic heterocycles. The van der Waals surface area contributed by atoms with Gasteiger partial charge in [0, 0.05) is 30.1 Å². The summed E-state index contributed by atoms with van der Waals surface area (Å²) in [6, 6.07) is 3.13. The summed E-state index contributed by atoms with van der Waals surface area (Å²) in [6.45, 7) is 5.96. The number of aromatic amines is 1. The quantitative estimate of drug-likeness (QED) is 0.529. The Labute approximate surface area is 167 Å². The van der Waals surface area contributed by atoms with Crippen LogP contribution in [0.5, 0.6) is 0 Å². The van der Waals surface area contributed by atoms with Gasteiger partial charge in [0.25, 0.3) is 5.91 Å². The molecule has 0 fully saturated rings. The summed E-state index contributed by atoms with van der Waals surface area (Å²) in [5.41, 5.74) is 1.13. The van der Waals surface area contributed by atoms with Gasteiger partial charge < -0.3 is 5.32 Å². The summed E-state index contributed by atoms with van der Waals surface area (Å²) < 4.78 is 42.6. The van der Waals surface area contributed by atoms with Crippen molar-refractivity contribution in [3.8, 4) is 11.3 Å². The first-order chi connectivity index (χ1) is 14.2. The maximum Gasteiger partial charge on any atom is 0.437 e. The van der Waals surface area contributed by atoms with Crippen molar-refractivity contribution in [2.24, 2.45) is 0 Å². The smallest absolute Gasteiger partial charge is 0.317 e. The number of H-pyrrole nitrogens is 1. The largest absolute Gasteiger partial charge is 0.437 e. The molecule has 0 atom stereocenters. The van der Waals surface area contributed by atoms with Crippen LogP contribution in [0.15, 0.2) is 24.5 Å². The molecular formula is C18H17F3N8O. The molecule has 30 heavy (non-hydrogen) atoms. The third-order valence-electron chi connectivity index (χ3n) is 4.72. The fraction of sp³-hybridized carbons (Fsp3) is 0.278. The lowest BCUT2D eigenvalue weighted by Crippen LogP contribution is -2.17. The zero-order valence-corrected chi connectivity index (χ0v) is 16.2. The number of alkyl halides is 3. The summed E-state index contributed by atoms with van der Waals surface area (Å²) in [7, 11) is 0. The first-order valence-electron chi connectivity index (χ1n) is 9.01. The van der Waals surface area contributed by atoms with E-state index in [1.165, 1.54) is 17.5 Å². The van der Waals surface area contributed by atoms with Gasteiger partial charge in [0.1, 0.15) is 0 Å². The molecule has 4 aromatic rings. The molecular weight excluding hydrogens is 401 g/mol. The van der Waals surface area contributed by atoms with Crippen LogP contribution in [0, 0.1) is 13.8 Å². The third-order valence-corrected chi connectivity index (χ3v) is 4.72. The second kappa shape index (κ2) is 6.97. The molecule has 0 radical (unpaired) electrons. The Morgan fingerprint density at radius 3 is 2.73 bits per heavy atom. The summed E-state index contributed by atoms with van der Waals surface area (Å²) >= 11 is 0. The van der Waals surface area contributed by atoms with Crippen LogP contribution in [0.4, 0.5) is 18.9 Å². The van der Waals surface area contributed by atoms with E-state index in [-0.39, 0.29) is 11.4 Å². The van der Waals surface area contributed by atoms with Crippen LogP contribution in [0.3, 0.4) is 0 Å². The Balaban J connectivity index is 1.72. The van der Waals surface area contributed by atoms with Crippen molar-refractivity contribution < 1.29 is 18.0 Å². The van der Waals surface area contributed by atoms with E-state index < -0.39 is 23.5 Å². The average Bonchev–Trinajstić information content (AvgIpc) is 3.38. The van der Waals surface area contributed by atoms with E-state index in [0.717, 1.165) is 11.3 Å². The van der Waals surface area contributed by atoms with Gasteiger partial charge in [-0.3, -0.25) is 14.6 Å². The molecule has 0 aliphatic heterocycles. The number of rotatable bonds is 4. The second-order valence-corrected chi connectivity index (χ2v) is 6.61. The van der Waals surface area contributed by atoms with E-state index in [4.69, 9.17) is 0 Å². The van der Waals surface area contributed by atoms with E-state index >= 15 is 0 Å². The van der Waals surface area contributed by atoms with Gasteiger partial charge in [-0.25, -0.2) is 9.50 Å². The lowest BCUT2D eigenvalue weighted by molar-refractivity contribution is -0.140. The summed E-state index contributed by atoms with van der Waals surface area (Å²) in [5.74, 6) is -0.803. The molecule has 0 aliphatic carbocycles. The molecule has 0 aromatic carbocycles. The molecule has 2 N–H and O–H groups in total. The molecule has 1 amide bonds. The van der Waals surface area contributed by atoms with Gasteiger partial charge in [-0.15, -0.1) is 0 Å². The van der Waals surface area contributed by atoms with E-state index in [2.05, 4.69) is 30.7 Å². The molecule has 4 rings (SSSR count). The molecule has 0 saturated heterocycles. The van der Waals surface area contributed by atoms with Gasteiger partial charge in [0.05, 0.1) is 23.3 Å². The minimum absolute atomic E-state index is 0.0794. The van der Waals surface area contributed by atoms with Gasteiger partial charge in [0.15, 0.2) is 17.0 Å². The number of hydrogen-bond acceptors (Lipinski definition) is 5. The Morgan fingerprint density at radius 1 is 1.30 bits per heavy atom. The number of carbonyl (C=O) groups excluding carboxylic acids is 1. The van der Waals surface area contributed by atoms with Crippen molar-refractivity contribution in [2.75, 3.05) is 5.32 Å². The van der Waals surface area contributed by atoms with Crippen LogP contribution < -0.4 is 5.32 Å². The molecule has 0 bridgehead atoms. The number of fused-ring (bicyclic) bond motifs is 1. The van der Waals surface area contributed by atoms with E-state index in [1.54, 1.807) is 18.5 Å². The predicted octanol–water partition coefficient (Wildman–Crippen LogP) is 3.22. The Kier molecular flexibility index (Phi) is 4.56. The van der Waals surface area contributed by atoms with Gasteiger partial charge >= 0.3 is 6.18 Å². The van der Waals surface area contributed by atoms with Crippen molar-refractivity contribution in [1.82, 2.24) is 34.6 Å².